The highest BCUT2D eigenvalue weighted by Crippen LogP contribution is 2.21. The van der Waals surface area contributed by atoms with Crippen LogP contribution in [0.2, 0.25) is 0 Å². The Morgan fingerprint density at radius 2 is 1.76 bits per heavy atom. The Balaban J connectivity index is 1.80. The van der Waals surface area contributed by atoms with Crippen molar-refractivity contribution >= 4 is 5.91 Å². The van der Waals surface area contributed by atoms with Gasteiger partial charge in [0.25, 0.3) is 5.91 Å². The number of benzene rings is 2. The van der Waals surface area contributed by atoms with Gasteiger partial charge in [-0.1, -0.05) is 47.7 Å². The fraction of sp³-hybridized carbons (Fsp3) is 0.211. The van der Waals surface area contributed by atoms with Gasteiger partial charge in [-0.2, -0.15) is 0 Å². The number of aromatic nitrogens is 3. The molecular weight excluding hydrogens is 316 g/mol. The zero-order chi connectivity index (χ0) is 17.6. The number of carbonyl (C=O) groups excluding carboxylic acids is 1. The van der Waals surface area contributed by atoms with Gasteiger partial charge in [0, 0.05) is 13.2 Å². The van der Waals surface area contributed by atoms with Crippen molar-refractivity contribution < 1.29 is 9.90 Å². The molecule has 3 rings (SSSR count). The van der Waals surface area contributed by atoms with Gasteiger partial charge >= 0.3 is 0 Å². The first-order valence-corrected chi connectivity index (χ1v) is 8.18. The maximum atomic E-state index is 12.1. The second kappa shape index (κ2) is 7.72. The van der Waals surface area contributed by atoms with Crippen molar-refractivity contribution in [3.05, 3.63) is 66.0 Å². The molecule has 0 radical (unpaired) electrons. The van der Waals surface area contributed by atoms with E-state index in [1.807, 2.05) is 49.4 Å². The average Bonchev–Trinajstić information content (AvgIpc) is 3.04. The number of aliphatic hydroxyl groups excluding tert-OH is 1. The predicted octanol–water partition coefficient (Wildman–Crippen LogP) is 2.35. The molecule has 0 spiro atoms. The van der Waals surface area contributed by atoms with E-state index < -0.39 is 0 Å². The van der Waals surface area contributed by atoms with E-state index in [1.54, 1.807) is 4.68 Å². The Kier molecular flexibility index (Phi) is 5.20. The van der Waals surface area contributed by atoms with Crippen LogP contribution in [0.5, 0.6) is 0 Å². The highest BCUT2D eigenvalue weighted by atomic mass is 16.3. The summed E-state index contributed by atoms with van der Waals surface area (Å²) in [5, 5.41) is 19.6. The van der Waals surface area contributed by atoms with Crippen LogP contribution in [0.1, 0.15) is 22.6 Å². The van der Waals surface area contributed by atoms with Crippen molar-refractivity contribution in [2.45, 2.75) is 13.3 Å². The molecule has 25 heavy (non-hydrogen) atoms. The number of amides is 1. The molecule has 6 nitrogen and oxygen atoms in total. The largest absolute Gasteiger partial charge is 0.396 e. The van der Waals surface area contributed by atoms with Gasteiger partial charge in [0.1, 0.15) is 0 Å². The van der Waals surface area contributed by atoms with Crippen LogP contribution in [0.3, 0.4) is 0 Å². The van der Waals surface area contributed by atoms with E-state index in [2.05, 4.69) is 27.8 Å². The Labute approximate surface area is 146 Å². The third kappa shape index (κ3) is 3.75. The Morgan fingerprint density at radius 1 is 1.08 bits per heavy atom. The van der Waals surface area contributed by atoms with Gasteiger partial charge in [-0.05, 0) is 36.6 Å². The van der Waals surface area contributed by atoms with Gasteiger partial charge in [-0.15, -0.1) is 5.10 Å². The number of carbonyl (C=O) groups is 1. The summed E-state index contributed by atoms with van der Waals surface area (Å²) in [5.74, 6) is -0.280. The quantitative estimate of drug-likeness (QED) is 0.677. The van der Waals surface area contributed by atoms with Gasteiger partial charge in [0.2, 0.25) is 0 Å². The lowest BCUT2D eigenvalue weighted by Gasteiger charge is -2.06. The Hall–Kier alpha value is -2.99. The van der Waals surface area contributed by atoms with Crippen molar-refractivity contribution in [2.75, 3.05) is 13.2 Å². The normalized spacial score (nSPS) is 10.6. The molecule has 1 aromatic heterocycles. The zero-order valence-electron chi connectivity index (χ0n) is 14.0. The van der Waals surface area contributed by atoms with E-state index in [1.165, 1.54) is 0 Å². The minimum absolute atomic E-state index is 0.0414. The van der Waals surface area contributed by atoms with Crippen molar-refractivity contribution in [2.24, 2.45) is 0 Å². The maximum Gasteiger partial charge on any atom is 0.273 e. The van der Waals surface area contributed by atoms with E-state index in [4.69, 9.17) is 5.11 Å². The van der Waals surface area contributed by atoms with Crippen LogP contribution in [0.25, 0.3) is 16.8 Å². The lowest BCUT2D eigenvalue weighted by Crippen LogP contribution is -2.26. The van der Waals surface area contributed by atoms with Crippen LogP contribution >= 0.6 is 0 Å². The van der Waals surface area contributed by atoms with Crippen LogP contribution < -0.4 is 5.32 Å². The summed E-state index contributed by atoms with van der Waals surface area (Å²) < 4.78 is 1.65. The lowest BCUT2D eigenvalue weighted by molar-refractivity contribution is 0.0945. The maximum absolute atomic E-state index is 12.1. The molecule has 0 bridgehead atoms. The first kappa shape index (κ1) is 16.9. The van der Waals surface area contributed by atoms with E-state index in [0.29, 0.717) is 24.4 Å². The summed E-state index contributed by atoms with van der Waals surface area (Å²) in [5.41, 5.74) is 4.08. The summed E-state index contributed by atoms with van der Waals surface area (Å²) in [6.45, 7) is 2.26. The number of hydrogen-bond acceptors (Lipinski definition) is 4. The molecule has 0 saturated carbocycles. The lowest BCUT2D eigenvalue weighted by atomic mass is 10.1. The van der Waals surface area contributed by atoms with Gasteiger partial charge in [0.15, 0.2) is 5.69 Å². The number of hydrogen-bond donors (Lipinski definition) is 2. The molecule has 1 amide bonds. The van der Waals surface area contributed by atoms with E-state index in [9.17, 15) is 4.79 Å². The molecule has 0 aliphatic rings. The van der Waals surface area contributed by atoms with E-state index in [-0.39, 0.29) is 12.5 Å². The fourth-order valence-corrected chi connectivity index (χ4v) is 2.57. The van der Waals surface area contributed by atoms with Crippen molar-refractivity contribution in [3.8, 4) is 16.8 Å². The highest BCUT2D eigenvalue weighted by Gasteiger charge is 2.16. The Morgan fingerprint density at radius 3 is 2.44 bits per heavy atom. The molecule has 0 aliphatic carbocycles. The minimum atomic E-state index is -0.280. The average molecular weight is 336 g/mol. The van der Waals surface area contributed by atoms with E-state index in [0.717, 1.165) is 16.8 Å². The van der Waals surface area contributed by atoms with E-state index >= 15 is 0 Å². The second-order valence-electron chi connectivity index (χ2n) is 5.68. The Bertz CT molecular complexity index is 842. The molecule has 1 heterocycles. The summed E-state index contributed by atoms with van der Waals surface area (Å²) >= 11 is 0. The minimum Gasteiger partial charge on any atom is -0.396 e. The van der Waals surface area contributed by atoms with Crippen LogP contribution in [0.15, 0.2) is 54.6 Å². The molecule has 0 aliphatic heterocycles. The molecular formula is C19H20N4O2. The number of nitrogens with one attached hydrogen (secondary N) is 1. The SMILES string of the molecule is Cc1c(C(=O)NCCCO)nnn1-c1ccc(-c2ccccc2)cc1. The van der Waals surface area contributed by atoms with Crippen LogP contribution in [0, 0.1) is 6.92 Å². The first-order chi connectivity index (χ1) is 12.2. The van der Waals surface area contributed by atoms with Crippen LogP contribution in [-0.4, -0.2) is 39.2 Å². The highest BCUT2D eigenvalue weighted by molar-refractivity contribution is 5.93. The smallest absolute Gasteiger partial charge is 0.273 e. The van der Waals surface area contributed by atoms with Crippen molar-refractivity contribution in [1.29, 1.82) is 0 Å². The molecule has 128 valence electrons. The molecule has 3 aromatic rings. The standard InChI is InChI=1S/C19H20N4O2/c1-14-18(19(25)20-12-5-13-24)21-22-23(14)17-10-8-16(9-11-17)15-6-3-2-4-7-15/h2-4,6-11,24H,5,12-13H2,1H3,(H,20,25). The van der Waals surface area contributed by atoms with Gasteiger partial charge < -0.3 is 10.4 Å². The third-order valence-electron chi connectivity index (χ3n) is 3.95. The first-order valence-electron chi connectivity index (χ1n) is 8.18. The summed E-state index contributed by atoms with van der Waals surface area (Å²) in [7, 11) is 0. The molecule has 2 aromatic carbocycles. The van der Waals surface area contributed by atoms with Gasteiger partial charge in [-0.3, -0.25) is 4.79 Å². The van der Waals surface area contributed by atoms with Crippen LogP contribution in [0.4, 0.5) is 0 Å². The predicted molar refractivity (Wildman–Crippen MR) is 95.6 cm³/mol. The molecule has 0 atom stereocenters. The zero-order valence-corrected chi connectivity index (χ0v) is 14.0. The topological polar surface area (TPSA) is 80.0 Å². The second-order valence-corrected chi connectivity index (χ2v) is 5.68. The van der Waals surface area contributed by atoms with Gasteiger partial charge in [-0.25, -0.2) is 4.68 Å². The van der Waals surface area contributed by atoms with Crippen molar-refractivity contribution in [3.63, 3.8) is 0 Å². The molecule has 0 saturated heterocycles. The fourth-order valence-electron chi connectivity index (χ4n) is 2.57. The number of nitrogens with zero attached hydrogens (tertiary/aromatic N) is 3. The van der Waals surface area contributed by atoms with Gasteiger partial charge in [0.05, 0.1) is 11.4 Å². The number of rotatable bonds is 6. The summed E-state index contributed by atoms with van der Waals surface area (Å²) in [6.07, 6.45) is 0.514. The molecule has 2 N–H and O–H groups in total. The van der Waals surface area contributed by atoms with Crippen LogP contribution in [-0.2, 0) is 0 Å². The monoisotopic (exact) mass is 336 g/mol. The number of aliphatic hydroxyl groups is 1. The molecule has 0 fully saturated rings. The summed E-state index contributed by atoms with van der Waals surface area (Å²) in [6, 6.07) is 18.1. The third-order valence-corrected chi connectivity index (χ3v) is 3.95. The summed E-state index contributed by atoms with van der Waals surface area (Å²) in [4.78, 5) is 12.1. The molecule has 0 unspecified atom stereocenters. The molecule has 6 heteroatoms. The van der Waals surface area contributed by atoms with Crippen molar-refractivity contribution in [1.82, 2.24) is 20.3 Å².